The van der Waals surface area contributed by atoms with E-state index in [-0.39, 0.29) is 18.0 Å². The normalized spacial score (nSPS) is 12.5. The number of amides is 2. The maximum absolute atomic E-state index is 12.2. The van der Waals surface area contributed by atoms with Gasteiger partial charge < -0.3 is 15.7 Å². The van der Waals surface area contributed by atoms with E-state index in [1.54, 1.807) is 0 Å². The highest BCUT2D eigenvalue weighted by atomic mass is 16.3. The first kappa shape index (κ1) is 18.0. The summed E-state index contributed by atoms with van der Waals surface area (Å²) < 4.78 is 0. The van der Waals surface area contributed by atoms with Crippen molar-refractivity contribution in [1.82, 2.24) is 5.32 Å². The van der Waals surface area contributed by atoms with Crippen molar-refractivity contribution in [2.24, 2.45) is 0 Å². The molecule has 128 valence electrons. The number of rotatable bonds is 4. The van der Waals surface area contributed by atoms with E-state index in [1.807, 2.05) is 55.5 Å². The van der Waals surface area contributed by atoms with Crippen LogP contribution in [0.1, 0.15) is 43.6 Å². The molecule has 2 aromatic carbocycles. The number of urea groups is 1. The van der Waals surface area contributed by atoms with Crippen LogP contribution < -0.4 is 10.6 Å². The molecular weight excluding hydrogens is 300 g/mol. The summed E-state index contributed by atoms with van der Waals surface area (Å²) in [7, 11) is 0. The second-order valence-electron chi connectivity index (χ2n) is 7.00. The molecule has 0 bridgehead atoms. The highest BCUT2D eigenvalue weighted by Gasteiger charge is 2.19. The average molecular weight is 326 g/mol. The average Bonchev–Trinajstić information content (AvgIpc) is 2.52. The Morgan fingerprint density at radius 1 is 1.08 bits per heavy atom. The van der Waals surface area contributed by atoms with E-state index in [2.05, 4.69) is 31.4 Å². The molecule has 2 aromatic rings. The largest absolute Gasteiger partial charge is 0.387 e. The maximum Gasteiger partial charge on any atom is 0.319 e. The quantitative estimate of drug-likeness (QED) is 0.790. The van der Waals surface area contributed by atoms with E-state index in [0.29, 0.717) is 0 Å². The molecule has 0 aliphatic rings. The highest BCUT2D eigenvalue weighted by Crippen LogP contribution is 2.29. The summed E-state index contributed by atoms with van der Waals surface area (Å²) >= 11 is 0. The van der Waals surface area contributed by atoms with Gasteiger partial charge in [0.2, 0.25) is 0 Å². The molecule has 0 radical (unpaired) electrons. The molecule has 0 fully saturated rings. The third-order valence-electron chi connectivity index (χ3n) is 3.99. The molecule has 2 amide bonds. The van der Waals surface area contributed by atoms with Gasteiger partial charge in [-0.05, 0) is 35.1 Å². The monoisotopic (exact) mass is 326 g/mol. The standard InChI is InChI=1S/C20H26N2O2/c1-14-9-5-6-10-15(14)18(23)13-21-19(24)22-17-12-8-7-11-16(17)20(2,3)4/h5-12,18,23H,13H2,1-4H3,(H2,21,22,24). The van der Waals surface area contributed by atoms with Crippen molar-refractivity contribution >= 4 is 11.7 Å². The predicted molar refractivity (Wildman–Crippen MR) is 98.3 cm³/mol. The Labute approximate surface area is 143 Å². The summed E-state index contributed by atoms with van der Waals surface area (Å²) in [6, 6.07) is 15.1. The lowest BCUT2D eigenvalue weighted by atomic mass is 9.86. The van der Waals surface area contributed by atoms with E-state index in [9.17, 15) is 9.90 Å². The zero-order chi connectivity index (χ0) is 17.7. The number of anilines is 1. The molecule has 0 saturated carbocycles. The fourth-order valence-corrected chi connectivity index (χ4v) is 2.67. The van der Waals surface area contributed by atoms with Crippen LogP contribution in [0.3, 0.4) is 0 Å². The minimum absolute atomic E-state index is 0.0649. The number of aryl methyl sites for hydroxylation is 1. The molecule has 0 aliphatic heterocycles. The van der Waals surface area contributed by atoms with E-state index in [1.165, 1.54) is 0 Å². The van der Waals surface area contributed by atoms with Crippen LogP contribution >= 0.6 is 0 Å². The van der Waals surface area contributed by atoms with Gasteiger partial charge in [0.25, 0.3) is 0 Å². The summed E-state index contributed by atoms with van der Waals surface area (Å²) in [6.07, 6.45) is -0.727. The second kappa shape index (κ2) is 7.49. The van der Waals surface area contributed by atoms with Gasteiger partial charge in [-0.1, -0.05) is 63.2 Å². The zero-order valence-corrected chi connectivity index (χ0v) is 14.8. The van der Waals surface area contributed by atoms with Gasteiger partial charge in [0, 0.05) is 12.2 Å². The van der Waals surface area contributed by atoms with Crippen molar-refractivity contribution in [1.29, 1.82) is 0 Å². The summed E-state index contributed by atoms with van der Waals surface area (Å²) in [5, 5.41) is 15.9. The minimum Gasteiger partial charge on any atom is -0.387 e. The number of aliphatic hydroxyl groups excluding tert-OH is 1. The minimum atomic E-state index is -0.727. The van der Waals surface area contributed by atoms with Crippen LogP contribution in [0, 0.1) is 6.92 Å². The van der Waals surface area contributed by atoms with Crippen molar-refractivity contribution < 1.29 is 9.90 Å². The number of para-hydroxylation sites is 1. The van der Waals surface area contributed by atoms with Crippen molar-refractivity contribution in [2.75, 3.05) is 11.9 Å². The van der Waals surface area contributed by atoms with Crippen molar-refractivity contribution in [3.8, 4) is 0 Å². The Balaban J connectivity index is 1.99. The van der Waals surface area contributed by atoms with Crippen LogP contribution in [0.4, 0.5) is 10.5 Å². The number of hydrogen-bond acceptors (Lipinski definition) is 2. The number of carbonyl (C=O) groups is 1. The Morgan fingerprint density at radius 3 is 2.38 bits per heavy atom. The first-order valence-corrected chi connectivity index (χ1v) is 8.17. The lowest BCUT2D eigenvalue weighted by Gasteiger charge is -2.23. The van der Waals surface area contributed by atoms with Crippen molar-refractivity contribution in [3.05, 3.63) is 65.2 Å². The van der Waals surface area contributed by atoms with Crippen LogP contribution in [0.15, 0.2) is 48.5 Å². The predicted octanol–water partition coefficient (Wildman–Crippen LogP) is 4.15. The van der Waals surface area contributed by atoms with Gasteiger partial charge in [-0.25, -0.2) is 4.79 Å². The first-order valence-electron chi connectivity index (χ1n) is 8.17. The number of benzene rings is 2. The molecule has 2 rings (SSSR count). The van der Waals surface area contributed by atoms with E-state index < -0.39 is 6.10 Å². The molecule has 4 nitrogen and oxygen atoms in total. The maximum atomic E-state index is 12.2. The fraction of sp³-hybridized carbons (Fsp3) is 0.350. The van der Waals surface area contributed by atoms with E-state index >= 15 is 0 Å². The van der Waals surface area contributed by atoms with Gasteiger partial charge in [0.1, 0.15) is 0 Å². The molecule has 0 aliphatic carbocycles. The zero-order valence-electron chi connectivity index (χ0n) is 14.8. The Morgan fingerprint density at radius 2 is 1.71 bits per heavy atom. The van der Waals surface area contributed by atoms with Gasteiger partial charge in [0.05, 0.1) is 6.10 Å². The highest BCUT2D eigenvalue weighted by molar-refractivity contribution is 5.90. The second-order valence-corrected chi connectivity index (χ2v) is 7.00. The summed E-state index contributed by atoms with van der Waals surface area (Å²) in [6.45, 7) is 8.42. The molecule has 0 aromatic heterocycles. The van der Waals surface area contributed by atoms with E-state index in [0.717, 1.165) is 22.4 Å². The molecule has 0 spiro atoms. The van der Waals surface area contributed by atoms with Crippen molar-refractivity contribution in [2.45, 2.75) is 39.2 Å². The molecule has 4 heteroatoms. The lowest BCUT2D eigenvalue weighted by Crippen LogP contribution is -2.33. The third kappa shape index (κ3) is 4.59. The van der Waals surface area contributed by atoms with Gasteiger partial charge in [-0.15, -0.1) is 0 Å². The van der Waals surface area contributed by atoms with Crippen LogP contribution in [0.2, 0.25) is 0 Å². The van der Waals surface area contributed by atoms with Crippen LogP contribution in [0.5, 0.6) is 0 Å². The van der Waals surface area contributed by atoms with Gasteiger partial charge >= 0.3 is 6.03 Å². The molecule has 24 heavy (non-hydrogen) atoms. The molecule has 0 heterocycles. The SMILES string of the molecule is Cc1ccccc1C(O)CNC(=O)Nc1ccccc1C(C)(C)C. The molecular formula is C20H26N2O2. The molecule has 3 N–H and O–H groups in total. The first-order chi connectivity index (χ1) is 11.3. The summed E-state index contributed by atoms with van der Waals surface area (Å²) in [5.74, 6) is 0. The third-order valence-corrected chi connectivity index (χ3v) is 3.99. The topological polar surface area (TPSA) is 61.4 Å². The fourth-order valence-electron chi connectivity index (χ4n) is 2.67. The molecule has 1 unspecified atom stereocenters. The van der Waals surface area contributed by atoms with Gasteiger partial charge in [0.15, 0.2) is 0 Å². The smallest absolute Gasteiger partial charge is 0.319 e. The van der Waals surface area contributed by atoms with Gasteiger partial charge in [-0.2, -0.15) is 0 Å². The van der Waals surface area contributed by atoms with Crippen LogP contribution in [0.25, 0.3) is 0 Å². The molecule has 1 atom stereocenters. The Hall–Kier alpha value is -2.33. The Bertz CT molecular complexity index is 705. The summed E-state index contributed by atoms with van der Waals surface area (Å²) in [4.78, 5) is 12.2. The molecule has 0 saturated heterocycles. The van der Waals surface area contributed by atoms with E-state index in [4.69, 9.17) is 0 Å². The van der Waals surface area contributed by atoms with Crippen LogP contribution in [-0.2, 0) is 5.41 Å². The number of nitrogens with one attached hydrogen (secondary N) is 2. The lowest BCUT2D eigenvalue weighted by molar-refractivity contribution is 0.174. The van der Waals surface area contributed by atoms with Crippen molar-refractivity contribution in [3.63, 3.8) is 0 Å². The van der Waals surface area contributed by atoms with Gasteiger partial charge in [-0.3, -0.25) is 0 Å². The Kier molecular flexibility index (Phi) is 5.62. The number of aliphatic hydroxyl groups is 1. The number of carbonyl (C=O) groups excluding carboxylic acids is 1. The van der Waals surface area contributed by atoms with Crippen LogP contribution in [-0.4, -0.2) is 17.7 Å². The number of hydrogen-bond donors (Lipinski definition) is 3. The summed E-state index contributed by atoms with van der Waals surface area (Å²) in [5.41, 5.74) is 3.62.